The monoisotopic (exact) mass is 303 g/mol. The first-order chi connectivity index (χ1) is 9.69. The van der Waals surface area contributed by atoms with Crippen molar-refractivity contribution in [1.29, 1.82) is 0 Å². The van der Waals surface area contributed by atoms with Crippen LogP contribution >= 0.6 is 24.0 Å². The second-order valence-electron chi connectivity index (χ2n) is 4.47. The Kier molecular flexibility index (Phi) is 3.63. The number of benzene rings is 1. The Bertz CT molecular complexity index is 649. The fourth-order valence-electron chi connectivity index (χ4n) is 2.16. The van der Waals surface area contributed by atoms with Gasteiger partial charge in [-0.2, -0.15) is 0 Å². The van der Waals surface area contributed by atoms with Crippen LogP contribution in [0.2, 0.25) is 0 Å². The smallest absolute Gasteiger partial charge is 0.266 e. The van der Waals surface area contributed by atoms with Crippen LogP contribution in [0.5, 0.6) is 5.75 Å². The van der Waals surface area contributed by atoms with Crippen molar-refractivity contribution in [2.75, 3.05) is 13.2 Å². The van der Waals surface area contributed by atoms with Gasteiger partial charge in [-0.3, -0.25) is 9.69 Å². The van der Waals surface area contributed by atoms with Gasteiger partial charge in [0.15, 0.2) is 0 Å². The third-order valence-corrected chi connectivity index (χ3v) is 4.54. The summed E-state index contributed by atoms with van der Waals surface area (Å²) in [6.07, 6.45) is 3.93. The predicted octanol–water partition coefficient (Wildman–Crippen LogP) is 3.23. The minimum atomic E-state index is -0.0118. The first-order valence-corrected chi connectivity index (χ1v) is 7.59. The highest BCUT2D eigenvalue weighted by Gasteiger charge is 2.30. The molecule has 20 heavy (non-hydrogen) atoms. The van der Waals surface area contributed by atoms with Crippen molar-refractivity contribution in [3.63, 3.8) is 0 Å². The van der Waals surface area contributed by atoms with Gasteiger partial charge < -0.3 is 4.74 Å². The van der Waals surface area contributed by atoms with E-state index in [-0.39, 0.29) is 5.91 Å². The molecule has 1 aromatic rings. The molecule has 1 saturated heterocycles. The summed E-state index contributed by atoms with van der Waals surface area (Å²) in [6, 6.07) is 7.86. The summed E-state index contributed by atoms with van der Waals surface area (Å²) in [4.78, 5) is 14.4. The van der Waals surface area contributed by atoms with E-state index in [9.17, 15) is 4.79 Å². The van der Waals surface area contributed by atoms with Crippen LogP contribution in [0, 0.1) is 0 Å². The normalized spacial score (nSPS) is 19.9. The molecule has 3 rings (SSSR count). The summed E-state index contributed by atoms with van der Waals surface area (Å²) >= 11 is 6.55. The summed E-state index contributed by atoms with van der Waals surface area (Å²) in [6.45, 7) is 3.01. The van der Waals surface area contributed by atoms with Gasteiger partial charge in [-0.1, -0.05) is 42.2 Å². The van der Waals surface area contributed by atoms with Gasteiger partial charge in [0.1, 0.15) is 16.7 Å². The molecule has 3 nitrogen and oxygen atoms in total. The van der Waals surface area contributed by atoms with E-state index < -0.39 is 0 Å². The number of carbonyl (C=O) groups excluding carboxylic acids is 1. The molecule has 2 aliphatic rings. The van der Waals surface area contributed by atoms with Gasteiger partial charge in [-0.25, -0.2) is 0 Å². The number of fused-ring (bicyclic) bond motifs is 1. The number of thioether (sulfide) groups is 1. The number of carbonyl (C=O) groups is 1. The van der Waals surface area contributed by atoms with Crippen molar-refractivity contribution in [1.82, 2.24) is 4.90 Å². The van der Waals surface area contributed by atoms with Gasteiger partial charge in [-0.05, 0) is 30.7 Å². The van der Waals surface area contributed by atoms with Gasteiger partial charge in [0.2, 0.25) is 0 Å². The van der Waals surface area contributed by atoms with Crippen molar-refractivity contribution >= 4 is 40.3 Å². The van der Waals surface area contributed by atoms with Crippen molar-refractivity contribution in [3.05, 3.63) is 46.4 Å². The second kappa shape index (κ2) is 5.42. The van der Waals surface area contributed by atoms with Crippen molar-refractivity contribution in [2.45, 2.75) is 6.92 Å². The third kappa shape index (κ3) is 2.39. The van der Waals surface area contributed by atoms with Crippen LogP contribution in [0.1, 0.15) is 12.5 Å². The molecule has 102 valence electrons. The van der Waals surface area contributed by atoms with Crippen LogP contribution in [0.15, 0.2) is 40.8 Å². The Labute approximate surface area is 127 Å². The maximum Gasteiger partial charge on any atom is 0.266 e. The van der Waals surface area contributed by atoms with E-state index in [1.165, 1.54) is 11.8 Å². The average Bonchev–Trinajstić information content (AvgIpc) is 2.73. The number of nitrogens with zero attached hydrogens (tertiary/aromatic N) is 1. The van der Waals surface area contributed by atoms with E-state index in [0.717, 1.165) is 16.9 Å². The van der Waals surface area contributed by atoms with E-state index in [2.05, 4.69) is 6.08 Å². The Morgan fingerprint density at radius 2 is 2.25 bits per heavy atom. The van der Waals surface area contributed by atoms with E-state index in [1.807, 2.05) is 37.3 Å². The Balaban J connectivity index is 1.89. The molecule has 0 spiro atoms. The molecule has 0 unspecified atom stereocenters. The molecule has 5 heteroatoms. The number of ether oxygens (including phenoxy) is 1. The zero-order chi connectivity index (χ0) is 14.1. The molecule has 0 saturated carbocycles. The number of para-hydroxylation sites is 1. The predicted molar refractivity (Wildman–Crippen MR) is 85.6 cm³/mol. The highest BCUT2D eigenvalue weighted by atomic mass is 32.2. The lowest BCUT2D eigenvalue weighted by Gasteiger charge is -2.16. The average molecular weight is 303 g/mol. The van der Waals surface area contributed by atoms with Gasteiger partial charge in [0, 0.05) is 12.1 Å². The van der Waals surface area contributed by atoms with Crippen LogP contribution in [0.25, 0.3) is 6.08 Å². The minimum absolute atomic E-state index is 0.0118. The standard InChI is InChI=1S/C15H13NO2S2/c1-2-16-14(17)13(20-15(16)19)8-10-7-11-5-3-4-6-12(11)18-9-10/h3-8H,2,9H2,1H3/b13-8-. The molecule has 0 radical (unpaired) electrons. The van der Waals surface area contributed by atoms with Crippen LogP contribution in [-0.2, 0) is 4.79 Å². The van der Waals surface area contributed by atoms with E-state index in [1.54, 1.807) is 4.90 Å². The van der Waals surface area contributed by atoms with Crippen molar-refractivity contribution < 1.29 is 9.53 Å². The highest BCUT2D eigenvalue weighted by Crippen LogP contribution is 2.33. The van der Waals surface area contributed by atoms with Crippen LogP contribution in [-0.4, -0.2) is 28.3 Å². The molecular formula is C15H13NO2S2. The molecule has 0 atom stereocenters. The van der Waals surface area contributed by atoms with Crippen LogP contribution in [0.4, 0.5) is 0 Å². The minimum Gasteiger partial charge on any atom is -0.488 e. The quantitative estimate of drug-likeness (QED) is 0.620. The third-order valence-electron chi connectivity index (χ3n) is 3.16. The van der Waals surface area contributed by atoms with Gasteiger partial charge >= 0.3 is 0 Å². The molecule has 0 aromatic heterocycles. The molecule has 1 aromatic carbocycles. The largest absolute Gasteiger partial charge is 0.488 e. The fraction of sp³-hybridized carbons (Fsp3) is 0.200. The Hall–Kier alpha value is -1.59. The molecule has 2 heterocycles. The summed E-state index contributed by atoms with van der Waals surface area (Å²) in [5.74, 6) is 0.869. The molecular weight excluding hydrogens is 290 g/mol. The number of amides is 1. The summed E-state index contributed by atoms with van der Waals surface area (Å²) in [5.41, 5.74) is 2.02. The van der Waals surface area contributed by atoms with Crippen molar-refractivity contribution in [2.24, 2.45) is 0 Å². The van der Waals surface area contributed by atoms with E-state index in [0.29, 0.717) is 22.4 Å². The zero-order valence-corrected chi connectivity index (χ0v) is 12.6. The Morgan fingerprint density at radius 3 is 3.00 bits per heavy atom. The van der Waals surface area contributed by atoms with E-state index >= 15 is 0 Å². The first-order valence-electron chi connectivity index (χ1n) is 6.37. The van der Waals surface area contributed by atoms with Crippen LogP contribution < -0.4 is 4.74 Å². The maximum absolute atomic E-state index is 12.1. The number of hydrogen-bond donors (Lipinski definition) is 0. The lowest BCUT2D eigenvalue weighted by atomic mass is 10.1. The topological polar surface area (TPSA) is 29.5 Å². The number of hydrogen-bond acceptors (Lipinski definition) is 4. The first kappa shape index (κ1) is 13.4. The molecule has 1 fully saturated rings. The molecule has 2 aliphatic heterocycles. The Morgan fingerprint density at radius 1 is 1.45 bits per heavy atom. The summed E-state index contributed by atoms with van der Waals surface area (Å²) in [7, 11) is 0. The number of likely N-dealkylation sites (N-methyl/N-ethyl adjacent to an activating group) is 1. The lowest BCUT2D eigenvalue weighted by molar-refractivity contribution is -0.122. The SMILES string of the molecule is CCN1C(=O)/C(=C/C2=Cc3ccccc3OC2)SC1=S. The molecule has 0 N–H and O–H groups in total. The maximum atomic E-state index is 12.1. The fourth-order valence-corrected chi connectivity index (χ4v) is 3.56. The second-order valence-corrected chi connectivity index (χ2v) is 6.15. The number of thiocarbonyl (C=S) groups is 1. The zero-order valence-electron chi connectivity index (χ0n) is 11.0. The van der Waals surface area contributed by atoms with E-state index in [4.69, 9.17) is 17.0 Å². The van der Waals surface area contributed by atoms with Gasteiger partial charge in [0.25, 0.3) is 5.91 Å². The van der Waals surface area contributed by atoms with Crippen LogP contribution in [0.3, 0.4) is 0 Å². The van der Waals surface area contributed by atoms with Gasteiger partial charge in [-0.15, -0.1) is 0 Å². The summed E-state index contributed by atoms with van der Waals surface area (Å²) in [5, 5.41) is 0. The van der Waals surface area contributed by atoms with Crippen molar-refractivity contribution in [3.8, 4) is 5.75 Å². The number of rotatable bonds is 2. The summed E-state index contributed by atoms with van der Waals surface area (Å²) < 4.78 is 6.31. The molecule has 0 aliphatic carbocycles. The van der Waals surface area contributed by atoms with Gasteiger partial charge in [0.05, 0.1) is 4.91 Å². The molecule has 1 amide bonds. The highest BCUT2D eigenvalue weighted by molar-refractivity contribution is 8.26. The molecule has 0 bridgehead atoms. The lowest BCUT2D eigenvalue weighted by Crippen LogP contribution is -2.27.